The number of carbonyl (C=O) groups is 2. The number of hydrogen-bond acceptors (Lipinski definition) is 6. The Morgan fingerprint density at radius 2 is 1.81 bits per heavy atom. The highest BCUT2D eigenvalue weighted by Crippen LogP contribution is 2.35. The van der Waals surface area contributed by atoms with Crippen LogP contribution in [0.1, 0.15) is 23.0 Å². The summed E-state index contributed by atoms with van der Waals surface area (Å²) in [5, 5.41) is 28.9. The Hall–Kier alpha value is -3.67. The Kier molecular flexibility index (Phi) is 9.23. The Bertz CT molecular complexity index is 1070. The molecule has 1 aromatic heterocycles. The number of nitriles is 1. The molecule has 0 aliphatic rings. The van der Waals surface area contributed by atoms with Crippen molar-refractivity contribution in [1.29, 1.82) is 5.26 Å². The van der Waals surface area contributed by atoms with Gasteiger partial charge in [0.1, 0.15) is 22.8 Å². The van der Waals surface area contributed by atoms with Gasteiger partial charge in [-0.3, -0.25) is 0 Å². The number of nitrogens with one attached hydrogen (secondary N) is 1. The highest BCUT2D eigenvalue weighted by molar-refractivity contribution is 7.19. The Morgan fingerprint density at radius 1 is 1.13 bits per heavy atom. The van der Waals surface area contributed by atoms with Gasteiger partial charge in [-0.25, -0.2) is 9.59 Å². The van der Waals surface area contributed by atoms with E-state index >= 15 is 0 Å². The van der Waals surface area contributed by atoms with Crippen molar-refractivity contribution in [2.45, 2.75) is 12.5 Å². The lowest BCUT2D eigenvalue weighted by Gasteiger charge is -2.20. The standard InChI is InChI=1S/C19H18N2OS.C4H4O4/c1-21-11-10-17(14-6-3-2-4-7-14)22-18-8-5-9-19-16(18)12-15(13-20)23-19;5-3(6)1-2-4(7)8/h2-9,12,17,21H,10-11H2,1H3;1-2H,(H,5,6)(H,7,8)/b;2-1+/t17-;/m0./s1. The van der Waals surface area contributed by atoms with Crippen LogP contribution in [0.4, 0.5) is 0 Å². The van der Waals surface area contributed by atoms with Crippen LogP contribution in [0.3, 0.4) is 0 Å². The van der Waals surface area contributed by atoms with Crippen LogP contribution in [0.5, 0.6) is 5.75 Å². The molecule has 0 amide bonds. The van der Waals surface area contributed by atoms with Gasteiger partial charge in [-0.15, -0.1) is 11.3 Å². The summed E-state index contributed by atoms with van der Waals surface area (Å²) in [5.41, 5.74) is 1.16. The zero-order chi connectivity index (χ0) is 22.6. The number of thiophene rings is 1. The number of aliphatic carboxylic acids is 2. The van der Waals surface area contributed by atoms with Gasteiger partial charge < -0.3 is 20.3 Å². The average molecular weight is 439 g/mol. The van der Waals surface area contributed by atoms with E-state index < -0.39 is 11.9 Å². The summed E-state index contributed by atoms with van der Waals surface area (Å²) >= 11 is 1.50. The first-order valence-corrected chi connectivity index (χ1v) is 10.2. The van der Waals surface area contributed by atoms with Gasteiger partial charge in [-0.1, -0.05) is 36.4 Å². The van der Waals surface area contributed by atoms with Crippen molar-refractivity contribution >= 4 is 33.4 Å². The largest absolute Gasteiger partial charge is 0.485 e. The van der Waals surface area contributed by atoms with E-state index in [1.165, 1.54) is 11.3 Å². The van der Waals surface area contributed by atoms with Gasteiger partial charge in [-0.2, -0.15) is 5.26 Å². The lowest BCUT2D eigenvalue weighted by Crippen LogP contribution is -2.16. The first-order chi connectivity index (χ1) is 14.9. The quantitative estimate of drug-likeness (QED) is 0.451. The number of hydrogen-bond donors (Lipinski definition) is 3. The first-order valence-electron chi connectivity index (χ1n) is 9.37. The van der Waals surface area contributed by atoms with Gasteiger partial charge in [0.25, 0.3) is 0 Å². The van der Waals surface area contributed by atoms with Gasteiger partial charge in [-0.05, 0) is 37.4 Å². The molecule has 3 rings (SSSR count). The second-order valence-corrected chi connectivity index (χ2v) is 7.39. The molecule has 3 N–H and O–H groups in total. The zero-order valence-electron chi connectivity index (χ0n) is 16.8. The molecule has 0 radical (unpaired) electrons. The molecule has 0 saturated heterocycles. The molecule has 0 aliphatic carbocycles. The van der Waals surface area contributed by atoms with Crippen molar-refractivity contribution in [2.24, 2.45) is 0 Å². The molecule has 0 unspecified atom stereocenters. The fourth-order valence-electron chi connectivity index (χ4n) is 2.72. The Morgan fingerprint density at radius 3 is 2.39 bits per heavy atom. The maximum atomic E-state index is 9.55. The average Bonchev–Trinajstić information content (AvgIpc) is 3.20. The molecule has 0 aliphatic heterocycles. The molecule has 8 heteroatoms. The lowest BCUT2D eigenvalue weighted by molar-refractivity contribution is -0.134. The summed E-state index contributed by atoms with van der Waals surface area (Å²) in [4.78, 5) is 19.8. The van der Waals surface area contributed by atoms with Crippen molar-refractivity contribution in [1.82, 2.24) is 5.32 Å². The summed E-state index contributed by atoms with van der Waals surface area (Å²) in [7, 11) is 1.95. The molecular formula is C23H22N2O5S. The molecule has 3 aromatic rings. The normalized spacial score (nSPS) is 11.4. The zero-order valence-corrected chi connectivity index (χ0v) is 17.6. The number of benzene rings is 2. The number of nitrogens with zero attached hydrogens (tertiary/aromatic N) is 1. The van der Waals surface area contributed by atoms with Crippen molar-refractivity contribution in [2.75, 3.05) is 13.6 Å². The van der Waals surface area contributed by atoms with E-state index in [9.17, 15) is 9.59 Å². The van der Waals surface area contributed by atoms with Gasteiger partial charge in [0.2, 0.25) is 0 Å². The van der Waals surface area contributed by atoms with E-state index in [0.717, 1.165) is 34.4 Å². The maximum absolute atomic E-state index is 9.55. The molecule has 7 nitrogen and oxygen atoms in total. The Labute approximate surface area is 183 Å². The highest BCUT2D eigenvalue weighted by Gasteiger charge is 2.15. The summed E-state index contributed by atoms with van der Waals surface area (Å²) in [6, 6.07) is 20.4. The van der Waals surface area contributed by atoms with Crippen LogP contribution in [0.25, 0.3) is 10.1 Å². The third-order valence-corrected chi connectivity index (χ3v) is 5.10. The highest BCUT2D eigenvalue weighted by atomic mass is 32.1. The van der Waals surface area contributed by atoms with Crippen molar-refractivity contribution in [3.05, 3.63) is 77.2 Å². The number of fused-ring (bicyclic) bond motifs is 1. The molecule has 0 bridgehead atoms. The molecule has 0 saturated carbocycles. The van der Waals surface area contributed by atoms with Crippen molar-refractivity contribution in [3.8, 4) is 11.8 Å². The van der Waals surface area contributed by atoms with Crippen LogP contribution in [0.2, 0.25) is 0 Å². The second-order valence-electron chi connectivity index (χ2n) is 6.31. The van der Waals surface area contributed by atoms with Crippen LogP contribution in [-0.2, 0) is 9.59 Å². The molecule has 0 spiro atoms. The molecule has 1 atom stereocenters. The summed E-state index contributed by atoms with van der Waals surface area (Å²) in [6.07, 6.45) is 1.98. The number of carboxylic acids is 2. The van der Waals surface area contributed by atoms with Crippen LogP contribution >= 0.6 is 11.3 Å². The molecule has 160 valence electrons. The van der Waals surface area contributed by atoms with Crippen molar-refractivity contribution in [3.63, 3.8) is 0 Å². The van der Waals surface area contributed by atoms with Crippen LogP contribution in [-0.4, -0.2) is 35.7 Å². The number of rotatable bonds is 8. The fraction of sp³-hybridized carbons (Fsp3) is 0.174. The van der Waals surface area contributed by atoms with E-state index in [0.29, 0.717) is 17.0 Å². The minimum atomic E-state index is -1.26. The van der Waals surface area contributed by atoms with E-state index in [-0.39, 0.29) is 6.10 Å². The van der Waals surface area contributed by atoms with Crippen LogP contribution in [0, 0.1) is 11.3 Å². The van der Waals surface area contributed by atoms with E-state index in [2.05, 4.69) is 23.5 Å². The summed E-state index contributed by atoms with van der Waals surface area (Å²) < 4.78 is 7.41. The SMILES string of the molecule is CNCC[C@H](Oc1cccc2sc(C#N)cc12)c1ccccc1.O=C(O)/C=C/C(=O)O. The predicted octanol–water partition coefficient (Wildman–Crippen LogP) is 4.21. The van der Waals surface area contributed by atoms with Crippen LogP contribution < -0.4 is 10.1 Å². The molecule has 1 heterocycles. The fourth-order valence-corrected chi connectivity index (χ4v) is 3.60. The van der Waals surface area contributed by atoms with Gasteiger partial charge >= 0.3 is 11.9 Å². The second kappa shape index (κ2) is 12.1. The predicted molar refractivity (Wildman–Crippen MR) is 119 cm³/mol. The summed E-state index contributed by atoms with van der Waals surface area (Å²) in [6.45, 7) is 0.878. The van der Waals surface area contributed by atoms with E-state index in [4.69, 9.17) is 20.2 Å². The molecule has 31 heavy (non-hydrogen) atoms. The van der Waals surface area contributed by atoms with Gasteiger partial charge in [0.15, 0.2) is 0 Å². The monoisotopic (exact) mass is 438 g/mol. The molecule has 0 fully saturated rings. The smallest absolute Gasteiger partial charge is 0.328 e. The topological polar surface area (TPSA) is 120 Å². The minimum Gasteiger partial charge on any atom is -0.485 e. The molecular weight excluding hydrogens is 416 g/mol. The third-order valence-electron chi connectivity index (χ3n) is 4.10. The maximum Gasteiger partial charge on any atom is 0.328 e. The van der Waals surface area contributed by atoms with Gasteiger partial charge in [0.05, 0.1) is 0 Å². The number of ether oxygens (including phenoxy) is 1. The van der Waals surface area contributed by atoms with E-state index in [1.807, 2.05) is 49.5 Å². The number of carboxylic acid groups (broad SMARTS) is 2. The minimum absolute atomic E-state index is 0.0142. The first kappa shape index (κ1) is 23.6. The Balaban J connectivity index is 0.000000366. The van der Waals surface area contributed by atoms with E-state index in [1.54, 1.807) is 0 Å². The van der Waals surface area contributed by atoms with Gasteiger partial charge in [0, 0.05) is 28.7 Å². The molecule has 2 aromatic carbocycles. The third kappa shape index (κ3) is 7.59. The lowest BCUT2D eigenvalue weighted by atomic mass is 10.1. The summed E-state index contributed by atoms with van der Waals surface area (Å²) in [5.74, 6) is -1.68. The van der Waals surface area contributed by atoms with Crippen molar-refractivity contribution < 1.29 is 24.5 Å². The van der Waals surface area contributed by atoms with Crippen LogP contribution in [0.15, 0.2) is 66.7 Å².